The van der Waals surface area contributed by atoms with E-state index in [2.05, 4.69) is 31.3 Å². The van der Waals surface area contributed by atoms with Gasteiger partial charge in [-0.3, -0.25) is 0 Å². The van der Waals surface area contributed by atoms with E-state index in [1.165, 1.54) is 18.4 Å². The predicted molar refractivity (Wildman–Crippen MR) is 83.0 cm³/mol. The largest absolute Gasteiger partial charge is 0.383 e. The van der Waals surface area contributed by atoms with Crippen LogP contribution in [0.5, 0.6) is 0 Å². The zero-order valence-corrected chi connectivity index (χ0v) is 13.0. The standard InChI is InChI=1S/C16H26ClNO/c1-13(2)4-5-15(12-18-10-11-19-3)14-6-8-16(17)9-7-14/h6-9,13,15,18H,4-5,10-12H2,1-3H3. The van der Waals surface area contributed by atoms with E-state index < -0.39 is 0 Å². The predicted octanol–water partition coefficient (Wildman–Crippen LogP) is 4.10. The molecular weight excluding hydrogens is 258 g/mol. The molecule has 19 heavy (non-hydrogen) atoms. The van der Waals surface area contributed by atoms with Crippen molar-refractivity contribution in [3.8, 4) is 0 Å². The van der Waals surface area contributed by atoms with Gasteiger partial charge in [-0.05, 0) is 36.0 Å². The molecule has 2 nitrogen and oxygen atoms in total. The summed E-state index contributed by atoms with van der Waals surface area (Å²) in [6, 6.07) is 8.25. The van der Waals surface area contributed by atoms with Gasteiger partial charge in [-0.2, -0.15) is 0 Å². The van der Waals surface area contributed by atoms with Gasteiger partial charge in [0.15, 0.2) is 0 Å². The molecule has 0 heterocycles. The van der Waals surface area contributed by atoms with Crippen LogP contribution < -0.4 is 5.32 Å². The molecule has 0 bridgehead atoms. The monoisotopic (exact) mass is 283 g/mol. The fourth-order valence-corrected chi connectivity index (χ4v) is 2.23. The summed E-state index contributed by atoms with van der Waals surface area (Å²) in [5.74, 6) is 1.30. The molecular formula is C16H26ClNO. The first-order chi connectivity index (χ1) is 9.13. The molecule has 0 aliphatic rings. The third-order valence-electron chi connectivity index (χ3n) is 3.31. The van der Waals surface area contributed by atoms with Gasteiger partial charge in [0.1, 0.15) is 0 Å². The van der Waals surface area contributed by atoms with E-state index in [1.807, 2.05) is 12.1 Å². The lowest BCUT2D eigenvalue weighted by molar-refractivity contribution is 0.198. The highest BCUT2D eigenvalue weighted by atomic mass is 35.5. The van der Waals surface area contributed by atoms with Crippen molar-refractivity contribution in [2.45, 2.75) is 32.6 Å². The van der Waals surface area contributed by atoms with Crippen molar-refractivity contribution in [3.63, 3.8) is 0 Å². The Balaban J connectivity index is 2.54. The minimum atomic E-state index is 0.552. The van der Waals surface area contributed by atoms with Crippen LogP contribution in [-0.2, 0) is 4.74 Å². The molecule has 0 aromatic heterocycles. The van der Waals surface area contributed by atoms with E-state index in [0.717, 1.165) is 30.6 Å². The van der Waals surface area contributed by atoms with Crippen molar-refractivity contribution < 1.29 is 4.74 Å². The van der Waals surface area contributed by atoms with E-state index in [-0.39, 0.29) is 0 Å². The van der Waals surface area contributed by atoms with Gasteiger partial charge >= 0.3 is 0 Å². The van der Waals surface area contributed by atoms with Gasteiger partial charge in [0.2, 0.25) is 0 Å². The lowest BCUT2D eigenvalue weighted by Crippen LogP contribution is -2.25. The molecule has 1 atom stereocenters. The Morgan fingerprint density at radius 2 is 1.84 bits per heavy atom. The van der Waals surface area contributed by atoms with Crippen molar-refractivity contribution in [1.29, 1.82) is 0 Å². The van der Waals surface area contributed by atoms with Crippen molar-refractivity contribution in [2.24, 2.45) is 5.92 Å². The summed E-state index contributed by atoms with van der Waals surface area (Å²) < 4.78 is 5.06. The van der Waals surface area contributed by atoms with Gasteiger partial charge in [0, 0.05) is 25.2 Å². The van der Waals surface area contributed by atoms with Gasteiger partial charge in [0.05, 0.1) is 6.61 Å². The molecule has 0 amide bonds. The summed E-state index contributed by atoms with van der Waals surface area (Å²) in [6.45, 7) is 7.21. The van der Waals surface area contributed by atoms with Gasteiger partial charge in [0.25, 0.3) is 0 Å². The normalized spacial score (nSPS) is 12.9. The second-order valence-electron chi connectivity index (χ2n) is 5.42. The minimum absolute atomic E-state index is 0.552. The summed E-state index contributed by atoms with van der Waals surface area (Å²) in [4.78, 5) is 0. The Hall–Kier alpha value is -0.570. The molecule has 1 N–H and O–H groups in total. The van der Waals surface area contributed by atoms with Gasteiger partial charge in [-0.25, -0.2) is 0 Å². The fourth-order valence-electron chi connectivity index (χ4n) is 2.11. The average Bonchev–Trinajstić information content (AvgIpc) is 2.39. The first kappa shape index (κ1) is 16.5. The zero-order chi connectivity index (χ0) is 14.1. The maximum atomic E-state index is 5.96. The molecule has 0 saturated carbocycles. The smallest absolute Gasteiger partial charge is 0.0587 e. The lowest BCUT2D eigenvalue weighted by Gasteiger charge is -2.19. The van der Waals surface area contributed by atoms with Crippen LogP contribution in [0, 0.1) is 5.92 Å². The quantitative estimate of drug-likeness (QED) is 0.689. The third kappa shape index (κ3) is 6.95. The number of ether oxygens (including phenoxy) is 1. The summed E-state index contributed by atoms with van der Waals surface area (Å²) in [5.41, 5.74) is 1.37. The third-order valence-corrected chi connectivity index (χ3v) is 3.56. The first-order valence-electron chi connectivity index (χ1n) is 7.08. The van der Waals surface area contributed by atoms with E-state index in [4.69, 9.17) is 16.3 Å². The molecule has 0 saturated heterocycles. The topological polar surface area (TPSA) is 21.3 Å². The van der Waals surface area contributed by atoms with E-state index in [1.54, 1.807) is 7.11 Å². The Morgan fingerprint density at radius 3 is 2.42 bits per heavy atom. The molecule has 1 aromatic rings. The number of methoxy groups -OCH3 is 1. The molecule has 0 fully saturated rings. The van der Waals surface area contributed by atoms with E-state index in [9.17, 15) is 0 Å². The second kappa shape index (κ2) is 9.35. The van der Waals surface area contributed by atoms with Crippen LogP contribution in [0.3, 0.4) is 0 Å². The second-order valence-corrected chi connectivity index (χ2v) is 5.85. The molecule has 108 valence electrons. The molecule has 1 unspecified atom stereocenters. The highest BCUT2D eigenvalue weighted by molar-refractivity contribution is 6.30. The number of rotatable bonds is 9. The van der Waals surface area contributed by atoms with Crippen LogP contribution in [0.2, 0.25) is 5.02 Å². The molecule has 0 aliphatic carbocycles. The molecule has 3 heteroatoms. The first-order valence-corrected chi connectivity index (χ1v) is 7.46. The van der Waals surface area contributed by atoms with Crippen LogP contribution >= 0.6 is 11.6 Å². The number of hydrogen-bond donors (Lipinski definition) is 1. The fraction of sp³-hybridized carbons (Fsp3) is 0.625. The number of nitrogens with one attached hydrogen (secondary N) is 1. The number of benzene rings is 1. The summed E-state index contributed by atoms with van der Waals surface area (Å²) in [5, 5.41) is 4.27. The SMILES string of the molecule is COCCNCC(CCC(C)C)c1ccc(Cl)cc1. The molecule has 1 aromatic carbocycles. The minimum Gasteiger partial charge on any atom is -0.383 e. The maximum absolute atomic E-state index is 5.96. The van der Waals surface area contributed by atoms with Gasteiger partial charge in [-0.1, -0.05) is 44.0 Å². The van der Waals surface area contributed by atoms with Gasteiger partial charge < -0.3 is 10.1 Å². The zero-order valence-electron chi connectivity index (χ0n) is 12.3. The summed E-state index contributed by atoms with van der Waals surface area (Å²) in [7, 11) is 1.73. The van der Waals surface area contributed by atoms with E-state index in [0.29, 0.717) is 5.92 Å². The number of hydrogen-bond acceptors (Lipinski definition) is 2. The van der Waals surface area contributed by atoms with Crippen molar-refractivity contribution in [2.75, 3.05) is 26.8 Å². The maximum Gasteiger partial charge on any atom is 0.0587 e. The Morgan fingerprint density at radius 1 is 1.16 bits per heavy atom. The average molecular weight is 284 g/mol. The van der Waals surface area contributed by atoms with Crippen LogP contribution in [-0.4, -0.2) is 26.8 Å². The Kier molecular flexibility index (Phi) is 8.11. The van der Waals surface area contributed by atoms with Crippen molar-refractivity contribution in [1.82, 2.24) is 5.32 Å². The van der Waals surface area contributed by atoms with Crippen LogP contribution in [0.25, 0.3) is 0 Å². The van der Waals surface area contributed by atoms with Crippen LogP contribution in [0.1, 0.15) is 38.2 Å². The van der Waals surface area contributed by atoms with Crippen LogP contribution in [0.15, 0.2) is 24.3 Å². The van der Waals surface area contributed by atoms with Gasteiger partial charge in [-0.15, -0.1) is 0 Å². The van der Waals surface area contributed by atoms with Crippen molar-refractivity contribution in [3.05, 3.63) is 34.9 Å². The molecule has 0 aliphatic heterocycles. The highest BCUT2D eigenvalue weighted by Crippen LogP contribution is 2.24. The number of halogens is 1. The highest BCUT2D eigenvalue weighted by Gasteiger charge is 2.12. The van der Waals surface area contributed by atoms with Crippen LogP contribution in [0.4, 0.5) is 0 Å². The molecule has 1 rings (SSSR count). The lowest BCUT2D eigenvalue weighted by atomic mass is 9.91. The molecule has 0 spiro atoms. The van der Waals surface area contributed by atoms with E-state index >= 15 is 0 Å². The Labute approximate surface area is 122 Å². The summed E-state index contributed by atoms with van der Waals surface area (Å²) in [6.07, 6.45) is 2.46. The Bertz CT molecular complexity index is 337. The summed E-state index contributed by atoms with van der Waals surface area (Å²) >= 11 is 5.96. The van der Waals surface area contributed by atoms with Crippen molar-refractivity contribution >= 4 is 11.6 Å². The molecule has 0 radical (unpaired) electrons.